The van der Waals surface area contributed by atoms with Crippen LogP contribution in [0.15, 0.2) is 24.3 Å². The first-order chi connectivity index (χ1) is 12.4. The van der Waals surface area contributed by atoms with E-state index >= 15 is 0 Å². The Balaban J connectivity index is 1.95. The first-order valence-corrected chi connectivity index (χ1v) is 9.16. The Hall–Kier alpha value is -1.45. The van der Waals surface area contributed by atoms with Gasteiger partial charge in [-0.1, -0.05) is 37.1 Å². The van der Waals surface area contributed by atoms with E-state index in [-0.39, 0.29) is 31.8 Å². The number of rotatable bonds is 10. The molecule has 0 bridgehead atoms. The van der Waals surface area contributed by atoms with Crippen LogP contribution in [0.2, 0.25) is 6.32 Å². The Morgan fingerprint density at radius 3 is 2.54 bits per heavy atom. The number of benzene rings is 1. The number of carboxylic acid groups (broad SMARTS) is 1. The molecule has 0 aliphatic carbocycles. The molecule has 0 fully saturated rings. The van der Waals surface area contributed by atoms with Crippen LogP contribution in [0.3, 0.4) is 0 Å². The lowest BCUT2D eigenvalue weighted by molar-refractivity contribution is -0.144. The van der Waals surface area contributed by atoms with Crippen molar-refractivity contribution in [1.82, 2.24) is 4.90 Å². The van der Waals surface area contributed by atoms with Crippen LogP contribution in [0, 0.1) is 0 Å². The molecule has 2 rings (SSSR count). The van der Waals surface area contributed by atoms with Gasteiger partial charge in [-0.25, -0.2) is 0 Å². The molecule has 6 N–H and O–H groups in total. The van der Waals surface area contributed by atoms with Gasteiger partial charge in [-0.2, -0.15) is 0 Å². The molecule has 26 heavy (non-hydrogen) atoms. The third-order valence-corrected chi connectivity index (χ3v) is 5.28. The largest absolute Gasteiger partial charge is 0.480 e. The van der Waals surface area contributed by atoms with Crippen molar-refractivity contribution < 1.29 is 25.1 Å². The van der Waals surface area contributed by atoms with Gasteiger partial charge >= 0.3 is 13.1 Å². The molecule has 1 heterocycles. The van der Waals surface area contributed by atoms with Crippen molar-refractivity contribution in [1.29, 1.82) is 0 Å². The fraction of sp³-hybridized carbons (Fsp3) is 0.611. The Morgan fingerprint density at radius 2 is 1.92 bits per heavy atom. The highest BCUT2D eigenvalue weighted by molar-refractivity contribution is 6.40. The number of carboxylic acids is 1. The van der Waals surface area contributed by atoms with Gasteiger partial charge in [0, 0.05) is 19.1 Å². The zero-order chi connectivity index (χ0) is 19.2. The van der Waals surface area contributed by atoms with Crippen LogP contribution in [0.5, 0.6) is 0 Å². The maximum Gasteiger partial charge on any atom is 0.451 e. The number of nitrogens with two attached hydrogens (primary N) is 1. The lowest BCUT2D eigenvalue weighted by Crippen LogP contribution is -2.52. The molecule has 0 radical (unpaired) electrons. The van der Waals surface area contributed by atoms with Gasteiger partial charge in [-0.05, 0) is 36.7 Å². The van der Waals surface area contributed by atoms with Crippen LogP contribution in [0.1, 0.15) is 36.8 Å². The van der Waals surface area contributed by atoms with Gasteiger partial charge in [-0.3, -0.25) is 9.69 Å². The van der Waals surface area contributed by atoms with Gasteiger partial charge in [0.25, 0.3) is 0 Å². The summed E-state index contributed by atoms with van der Waals surface area (Å²) in [4.78, 5) is 13.8. The normalized spacial score (nSPS) is 19.6. The second kappa shape index (κ2) is 9.48. The summed E-state index contributed by atoms with van der Waals surface area (Å²) < 4.78 is 0. The first kappa shape index (κ1) is 20.9. The average Bonchev–Trinajstić information content (AvgIpc) is 2.62. The molecular weight excluding hydrogens is 335 g/mol. The van der Waals surface area contributed by atoms with E-state index in [1.807, 2.05) is 12.1 Å². The molecule has 0 saturated carbocycles. The molecule has 144 valence electrons. The van der Waals surface area contributed by atoms with Crippen molar-refractivity contribution in [2.75, 3.05) is 13.2 Å². The molecule has 0 aromatic heterocycles. The number of fused-ring (bicyclic) bond motifs is 1. The summed E-state index contributed by atoms with van der Waals surface area (Å²) >= 11 is 0. The van der Waals surface area contributed by atoms with Crippen LogP contribution < -0.4 is 5.73 Å². The van der Waals surface area contributed by atoms with E-state index in [0.717, 1.165) is 6.42 Å². The van der Waals surface area contributed by atoms with Gasteiger partial charge in [0.05, 0.1) is 6.61 Å². The minimum Gasteiger partial charge on any atom is -0.480 e. The Kier molecular flexibility index (Phi) is 7.61. The first-order valence-electron chi connectivity index (χ1n) is 9.16. The molecule has 0 spiro atoms. The summed E-state index contributed by atoms with van der Waals surface area (Å²) in [6, 6.07) is 8.06. The molecule has 1 aromatic rings. The standard InChI is InChI=1S/C18H29BN2O5/c20-18(17(23)24,7-3-4-9-19(25)26)8-10-21-12-15-6-2-1-5-14(15)11-16(21)13-22/h1-2,5-6,16,22,25-26H,3-4,7-13,20H2,(H,23,24)/t16-,18?/m0/s1. The predicted octanol–water partition coefficient (Wildman–Crippen LogP) is 0.221. The van der Waals surface area contributed by atoms with Gasteiger partial charge in [0.15, 0.2) is 0 Å². The summed E-state index contributed by atoms with van der Waals surface area (Å²) in [5, 5.41) is 37.0. The Labute approximate surface area is 154 Å². The summed E-state index contributed by atoms with van der Waals surface area (Å²) in [5.41, 5.74) is 7.22. The topological polar surface area (TPSA) is 127 Å². The number of hydrogen-bond acceptors (Lipinski definition) is 6. The van der Waals surface area contributed by atoms with E-state index in [4.69, 9.17) is 15.8 Å². The van der Waals surface area contributed by atoms with E-state index < -0.39 is 18.6 Å². The predicted molar refractivity (Wildman–Crippen MR) is 99.5 cm³/mol. The third-order valence-electron chi connectivity index (χ3n) is 5.28. The van der Waals surface area contributed by atoms with E-state index in [1.54, 1.807) is 0 Å². The number of hydrogen-bond donors (Lipinski definition) is 5. The molecule has 1 aliphatic heterocycles. The highest BCUT2D eigenvalue weighted by atomic mass is 16.4. The number of aliphatic carboxylic acids is 1. The number of unbranched alkanes of at least 4 members (excludes halogenated alkanes) is 1. The molecular formula is C18H29BN2O5. The fourth-order valence-corrected chi connectivity index (χ4v) is 3.53. The second-order valence-electron chi connectivity index (χ2n) is 7.22. The van der Waals surface area contributed by atoms with E-state index in [2.05, 4.69) is 17.0 Å². The number of carbonyl (C=O) groups is 1. The zero-order valence-corrected chi connectivity index (χ0v) is 15.0. The van der Waals surface area contributed by atoms with E-state index in [1.165, 1.54) is 11.1 Å². The quantitative estimate of drug-likeness (QED) is 0.297. The van der Waals surface area contributed by atoms with Crippen LogP contribution in [-0.4, -0.2) is 63.0 Å². The monoisotopic (exact) mass is 364 g/mol. The summed E-state index contributed by atoms with van der Waals surface area (Å²) in [6.07, 6.45) is 2.55. The fourth-order valence-electron chi connectivity index (χ4n) is 3.53. The van der Waals surface area contributed by atoms with Gasteiger partial charge < -0.3 is 26.0 Å². The maximum absolute atomic E-state index is 11.7. The third kappa shape index (κ3) is 5.52. The number of nitrogens with zero attached hydrogens (tertiary/aromatic N) is 1. The molecule has 1 aliphatic rings. The molecule has 0 saturated heterocycles. The minimum atomic E-state index is -1.37. The maximum atomic E-state index is 11.7. The average molecular weight is 364 g/mol. The molecule has 1 aromatic carbocycles. The summed E-state index contributed by atoms with van der Waals surface area (Å²) in [6.45, 7) is 1.19. The lowest BCUT2D eigenvalue weighted by Gasteiger charge is -2.37. The van der Waals surface area contributed by atoms with Crippen molar-refractivity contribution >= 4 is 13.1 Å². The Bertz CT molecular complexity index is 601. The smallest absolute Gasteiger partial charge is 0.451 e. The molecule has 2 atom stereocenters. The Morgan fingerprint density at radius 1 is 1.23 bits per heavy atom. The highest BCUT2D eigenvalue weighted by Gasteiger charge is 2.35. The summed E-state index contributed by atoms with van der Waals surface area (Å²) in [7, 11) is -1.37. The van der Waals surface area contributed by atoms with Crippen LogP contribution >= 0.6 is 0 Å². The van der Waals surface area contributed by atoms with Gasteiger partial charge in [0.2, 0.25) is 0 Å². The molecule has 8 heteroatoms. The summed E-state index contributed by atoms with van der Waals surface area (Å²) in [5.74, 6) is -1.04. The van der Waals surface area contributed by atoms with E-state index in [0.29, 0.717) is 25.9 Å². The van der Waals surface area contributed by atoms with Crippen molar-refractivity contribution in [2.45, 2.75) is 56.5 Å². The second-order valence-corrected chi connectivity index (χ2v) is 7.22. The molecule has 1 unspecified atom stereocenters. The minimum absolute atomic E-state index is 0.0212. The number of aliphatic hydroxyl groups is 1. The zero-order valence-electron chi connectivity index (χ0n) is 15.0. The van der Waals surface area contributed by atoms with Crippen LogP contribution in [0.4, 0.5) is 0 Å². The van der Waals surface area contributed by atoms with Crippen LogP contribution in [0.25, 0.3) is 0 Å². The molecule has 7 nitrogen and oxygen atoms in total. The lowest BCUT2D eigenvalue weighted by atomic mass is 9.81. The van der Waals surface area contributed by atoms with Gasteiger partial charge in [0.1, 0.15) is 5.54 Å². The van der Waals surface area contributed by atoms with E-state index in [9.17, 15) is 15.0 Å². The molecule has 0 amide bonds. The van der Waals surface area contributed by atoms with Crippen molar-refractivity contribution in [3.63, 3.8) is 0 Å². The SMILES string of the molecule is NC(CCCCB(O)O)(CCN1Cc2ccccc2C[C@H]1CO)C(=O)O. The van der Waals surface area contributed by atoms with Crippen molar-refractivity contribution in [2.24, 2.45) is 5.73 Å². The highest BCUT2D eigenvalue weighted by Crippen LogP contribution is 2.25. The van der Waals surface area contributed by atoms with Gasteiger partial charge in [-0.15, -0.1) is 0 Å². The number of aliphatic hydroxyl groups excluding tert-OH is 1. The van der Waals surface area contributed by atoms with Crippen molar-refractivity contribution in [3.8, 4) is 0 Å². The van der Waals surface area contributed by atoms with Crippen molar-refractivity contribution in [3.05, 3.63) is 35.4 Å². The van der Waals surface area contributed by atoms with Crippen LogP contribution in [-0.2, 0) is 17.8 Å².